The Labute approximate surface area is 203 Å². The quantitative estimate of drug-likeness (QED) is 0.448. The number of thioether (sulfide) groups is 1. The first-order chi connectivity index (χ1) is 15.7. The SMILES string of the molecule is CSC(=NS(=O)(=O)N1CCS(=O)(=O)CC1)N1CC(c2ccccc2)C(c2ccc(Cl)cc2)=N1. The average Bonchev–Trinajstić information content (AvgIpc) is 3.23. The van der Waals surface area contributed by atoms with Crippen LogP contribution in [0.5, 0.6) is 0 Å². The third-order valence-corrected chi connectivity index (χ3v) is 9.55. The van der Waals surface area contributed by atoms with Gasteiger partial charge in [-0.25, -0.2) is 13.4 Å². The van der Waals surface area contributed by atoms with Crippen LogP contribution >= 0.6 is 23.4 Å². The fourth-order valence-electron chi connectivity index (χ4n) is 3.72. The maximum Gasteiger partial charge on any atom is 0.324 e. The summed E-state index contributed by atoms with van der Waals surface area (Å²) in [4.78, 5) is 0. The molecular formula is C21H23ClN4O4S3. The summed E-state index contributed by atoms with van der Waals surface area (Å²) in [5.41, 5.74) is 2.74. The monoisotopic (exact) mass is 526 g/mol. The highest BCUT2D eigenvalue weighted by molar-refractivity contribution is 8.13. The number of nitrogens with zero attached hydrogens (tertiary/aromatic N) is 4. The summed E-state index contributed by atoms with van der Waals surface area (Å²) in [5.74, 6) is -0.489. The molecule has 33 heavy (non-hydrogen) atoms. The molecule has 1 saturated heterocycles. The van der Waals surface area contributed by atoms with Gasteiger partial charge in [-0.1, -0.05) is 65.8 Å². The molecule has 0 radical (unpaired) electrons. The Morgan fingerprint density at radius 2 is 1.73 bits per heavy atom. The number of halogens is 1. The molecule has 0 bridgehead atoms. The first kappa shape index (κ1) is 24.2. The van der Waals surface area contributed by atoms with Crippen LogP contribution in [0, 0.1) is 0 Å². The highest BCUT2D eigenvalue weighted by atomic mass is 35.5. The van der Waals surface area contributed by atoms with Crippen molar-refractivity contribution in [3.8, 4) is 0 Å². The number of rotatable bonds is 4. The van der Waals surface area contributed by atoms with Crippen molar-refractivity contribution in [2.24, 2.45) is 9.50 Å². The van der Waals surface area contributed by atoms with Gasteiger partial charge in [0.05, 0.1) is 23.8 Å². The molecule has 4 rings (SSSR count). The number of benzene rings is 2. The van der Waals surface area contributed by atoms with Crippen molar-refractivity contribution in [2.45, 2.75) is 5.92 Å². The molecule has 12 heteroatoms. The van der Waals surface area contributed by atoms with Gasteiger partial charge in [-0.15, -0.1) is 4.40 Å². The number of hydrogen-bond donors (Lipinski definition) is 0. The fourth-order valence-corrected chi connectivity index (χ4v) is 7.24. The molecule has 0 amide bonds. The maximum atomic E-state index is 12.9. The highest BCUT2D eigenvalue weighted by Gasteiger charge is 2.34. The second-order valence-corrected chi connectivity index (χ2v) is 12.8. The largest absolute Gasteiger partial charge is 0.324 e. The van der Waals surface area contributed by atoms with Crippen LogP contribution < -0.4 is 0 Å². The van der Waals surface area contributed by atoms with Gasteiger partial charge in [-0.05, 0) is 29.5 Å². The smallest absolute Gasteiger partial charge is 0.240 e. The van der Waals surface area contributed by atoms with E-state index in [0.717, 1.165) is 21.1 Å². The van der Waals surface area contributed by atoms with Gasteiger partial charge in [0.25, 0.3) is 0 Å². The first-order valence-corrected chi connectivity index (χ1v) is 15.0. The second-order valence-electron chi connectivity index (χ2n) is 7.64. The van der Waals surface area contributed by atoms with Crippen molar-refractivity contribution in [1.82, 2.24) is 9.31 Å². The van der Waals surface area contributed by atoms with Crippen molar-refractivity contribution >= 4 is 54.3 Å². The normalized spacial score (nSPS) is 21.8. The molecular weight excluding hydrogens is 504 g/mol. The Balaban J connectivity index is 1.67. The van der Waals surface area contributed by atoms with Crippen LogP contribution in [0.1, 0.15) is 17.0 Å². The van der Waals surface area contributed by atoms with Crippen LogP contribution in [0.25, 0.3) is 0 Å². The maximum absolute atomic E-state index is 12.9. The van der Waals surface area contributed by atoms with Crippen molar-refractivity contribution in [1.29, 1.82) is 0 Å². The Bertz CT molecular complexity index is 1270. The van der Waals surface area contributed by atoms with Crippen LogP contribution in [0.4, 0.5) is 0 Å². The lowest BCUT2D eigenvalue weighted by Gasteiger charge is -2.24. The van der Waals surface area contributed by atoms with Gasteiger partial charge in [0.1, 0.15) is 0 Å². The van der Waals surface area contributed by atoms with Crippen molar-refractivity contribution in [3.63, 3.8) is 0 Å². The Hall–Kier alpha value is -1.92. The molecule has 2 aliphatic heterocycles. The van der Waals surface area contributed by atoms with E-state index >= 15 is 0 Å². The second kappa shape index (κ2) is 9.75. The van der Waals surface area contributed by atoms with Crippen LogP contribution in [0.2, 0.25) is 5.02 Å². The van der Waals surface area contributed by atoms with Gasteiger partial charge in [0, 0.05) is 24.0 Å². The van der Waals surface area contributed by atoms with Crippen LogP contribution in [0.3, 0.4) is 0 Å². The van der Waals surface area contributed by atoms with Gasteiger partial charge in [-0.3, -0.25) is 0 Å². The third-order valence-electron chi connectivity index (χ3n) is 5.48. The lowest BCUT2D eigenvalue weighted by molar-refractivity contribution is 0.430. The van der Waals surface area contributed by atoms with E-state index < -0.39 is 20.0 Å². The molecule has 2 aromatic rings. The van der Waals surface area contributed by atoms with Crippen LogP contribution in [0.15, 0.2) is 64.1 Å². The van der Waals surface area contributed by atoms with Gasteiger partial charge < -0.3 is 0 Å². The first-order valence-electron chi connectivity index (χ1n) is 10.2. The molecule has 0 aliphatic carbocycles. The Kier molecular flexibility index (Phi) is 7.15. The van der Waals surface area contributed by atoms with E-state index in [1.165, 1.54) is 11.8 Å². The Morgan fingerprint density at radius 1 is 1.09 bits per heavy atom. The zero-order valence-corrected chi connectivity index (χ0v) is 21.0. The van der Waals surface area contributed by atoms with E-state index in [0.29, 0.717) is 11.6 Å². The van der Waals surface area contributed by atoms with Crippen molar-refractivity contribution in [3.05, 3.63) is 70.7 Å². The molecule has 1 fully saturated rings. The van der Waals surface area contributed by atoms with Crippen molar-refractivity contribution < 1.29 is 16.8 Å². The summed E-state index contributed by atoms with van der Waals surface area (Å²) in [6.45, 7) is 0.231. The van der Waals surface area contributed by atoms with Crippen LogP contribution in [-0.2, 0) is 20.0 Å². The fraction of sp³-hybridized carbons (Fsp3) is 0.333. The van der Waals surface area contributed by atoms with E-state index in [9.17, 15) is 16.8 Å². The number of sulfone groups is 1. The molecule has 176 valence electrons. The van der Waals surface area contributed by atoms with Gasteiger partial charge in [-0.2, -0.15) is 17.8 Å². The minimum atomic E-state index is -4.04. The molecule has 0 saturated carbocycles. The lowest BCUT2D eigenvalue weighted by atomic mass is 9.91. The van der Waals surface area contributed by atoms with E-state index in [-0.39, 0.29) is 35.7 Å². The molecule has 2 heterocycles. The summed E-state index contributed by atoms with van der Waals surface area (Å²) in [6, 6.07) is 17.2. The molecule has 8 nitrogen and oxygen atoms in total. The summed E-state index contributed by atoms with van der Waals surface area (Å²) >= 11 is 7.23. The molecule has 0 spiro atoms. The summed E-state index contributed by atoms with van der Waals surface area (Å²) in [5, 5.41) is 7.19. The van der Waals surface area contributed by atoms with Gasteiger partial charge >= 0.3 is 10.2 Å². The topological polar surface area (TPSA) is 99.5 Å². The summed E-state index contributed by atoms with van der Waals surface area (Å²) in [7, 11) is -7.25. The molecule has 2 aromatic carbocycles. The predicted molar refractivity (Wildman–Crippen MR) is 134 cm³/mol. The van der Waals surface area contributed by atoms with E-state index in [1.807, 2.05) is 42.5 Å². The minimum absolute atomic E-state index is 0.0902. The van der Waals surface area contributed by atoms with Crippen molar-refractivity contribution in [2.75, 3.05) is 37.4 Å². The van der Waals surface area contributed by atoms with Gasteiger partial charge in [0.15, 0.2) is 15.0 Å². The predicted octanol–water partition coefficient (Wildman–Crippen LogP) is 2.84. The van der Waals surface area contributed by atoms with E-state index in [4.69, 9.17) is 16.7 Å². The number of hydrazone groups is 1. The number of hydrogen-bond acceptors (Lipinski definition) is 6. The molecule has 0 N–H and O–H groups in total. The summed E-state index contributed by atoms with van der Waals surface area (Å²) in [6.07, 6.45) is 1.74. The zero-order chi connectivity index (χ0) is 23.6. The lowest BCUT2D eigenvalue weighted by Crippen LogP contribution is -2.43. The molecule has 2 aliphatic rings. The third kappa shape index (κ3) is 5.60. The van der Waals surface area contributed by atoms with Crippen LogP contribution in [-0.4, -0.2) is 74.4 Å². The van der Waals surface area contributed by atoms with Gasteiger partial charge in [0.2, 0.25) is 0 Å². The Morgan fingerprint density at radius 3 is 2.33 bits per heavy atom. The summed E-state index contributed by atoms with van der Waals surface area (Å²) < 4.78 is 54.3. The number of amidine groups is 1. The van der Waals surface area contributed by atoms with E-state index in [2.05, 4.69) is 4.40 Å². The average molecular weight is 527 g/mol. The van der Waals surface area contributed by atoms with E-state index in [1.54, 1.807) is 23.4 Å². The zero-order valence-electron chi connectivity index (χ0n) is 17.8. The minimum Gasteiger partial charge on any atom is -0.240 e. The highest BCUT2D eigenvalue weighted by Crippen LogP contribution is 2.31. The molecule has 0 aromatic heterocycles. The molecule has 1 unspecified atom stereocenters. The molecule has 1 atom stereocenters. The standard InChI is InChI=1S/C21H23ClN4O4S3/c1-31-21(24-33(29,30)25-11-13-32(27,28)14-12-25)26-15-19(16-5-3-2-4-6-16)20(23-26)17-7-9-18(22)10-8-17/h2-10,19H,11-15H2,1H3.